The molecule has 132 valence electrons. The molecule has 1 aromatic heterocycles. The highest BCUT2D eigenvalue weighted by Gasteiger charge is 2.23. The van der Waals surface area contributed by atoms with Gasteiger partial charge in [0, 0.05) is 16.3 Å². The third kappa shape index (κ3) is 2.49. The van der Waals surface area contributed by atoms with Crippen LogP contribution in [0.15, 0.2) is 71.6 Å². The number of aromatic nitrogens is 1. The maximum Gasteiger partial charge on any atom is 0.268 e. The lowest BCUT2D eigenvalue weighted by Crippen LogP contribution is -2.12. The largest absolute Gasteiger partial charge is 0.268 e. The van der Waals surface area contributed by atoms with E-state index < -0.39 is 16.4 Å². The van der Waals surface area contributed by atoms with E-state index in [4.69, 9.17) is 0 Å². The Kier molecular flexibility index (Phi) is 3.80. The van der Waals surface area contributed by atoms with E-state index in [0.717, 1.165) is 5.56 Å². The van der Waals surface area contributed by atoms with Crippen molar-refractivity contribution in [2.45, 2.75) is 18.2 Å². The molecular formula is C20H15F2NO2S. The maximum atomic E-state index is 13.3. The van der Waals surface area contributed by atoms with Crippen LogP contribution in [0.3, 0.4) is 0 Å². The Morgan fingerprint density at radius 2 is 1.50 bits per heavy atom. The second-order valence-electron chi connectivity index (χ2n) is 6.18. The highest BCUT2D eigenvalue weighted by Crippen LogP contribution is 2.34. The topological polar surface area (TPSA) is 39.1 Å². The van der Waals surface area contributed by atoms with Crippen LogP contribution in [0.1, 0.15) is 17.6 Å². The van der Waals surface area contributed by atoms with E-state index >= 15 is 0 Å². The summed E-state index contributed by atoms with van der Waals surface area (Å²) < 4.78 is 54.0. The summed E-state index contributed by atoms with van der Waals surface area (Å²) >= 11 is 0. The first-order chi connectivity index (χ1) is 12.4. The summed E-state index contributed by atoms with van der Waals surface area (Å²) in [7, 11) is -3.87. The number of nitrogens with zero attached hydrogens (tertiary/aromatic N) is 1. The number of rotatable bonds is 3. The number of hydrogen-bond donors (Lipinski definition) is 0. The molecule has 3 aromatic carbocycles. The number of halogens is 2. The smallest absolute Gasteiger partial charge is 0.233 e. The van der Waals surface area contributed by atoms with E-state index in [9.17, 15) is 17.2 Å². The molecule has 0 unspecified atom stereocenters. The quantitative estimate of drug-likeness (QED) is 0.492. The minimum absolute atomic E-state index is 0.131. The summed E-state index contributed by atoms with van der Waals surface area (Å²) in [4.78, 5) is 0.156. The van der Waals surface area contributed by atoms with Crippen molar-refractivity contribution in [1.29, 1.82) is 0 Å². The number of benzene rings is 3. The maximum absolute atomic E-state index is 13.3. The van der Waals surface area contributed by atoms with Gasteiger partial charge in [-0.3, -0.25) is 0 Å². The molecule has 0 aliphatic carbocycles. The Morgan fingerprint density at radius 1 is 0.846 bits per heavy atom. The van der Waals surface area contributed by atoms with Gasteiger partial charge in [0.05, 0.1) is 15.9 Å². The van der Waals surface area contributed by atoms with Crippen LogP contribution in [-0.4, -0.2) is 12.4 Å². The number of aryl methyl sites for hydroxylation is 1. The molecule has 0 bridgehead atoms. The number of para-hydroxylation sites is 1. The van der Waals surface area contributed by atoms with Gasteiger partial charge in [-0.05, 0) is 37.3 Å². The van der Waals surface area contributed by atoms with Crippen molar-refractivity contribution in [2.24, 2.45) is 0 Å². The third-order valence-electron chi connectivity index (χ3n) is 4.46. The molecule has 4 aromatic rings. The lowest BCUT2D eigenvalue weighted by molar-refractivity contribution is 0.151. The second kappa shape index (κ2) is 5.92. The van der Waals surface area contributed by atoms with Crippen LogP contribution in [-0.2, 0) is 10.0 Å². The average molecular weight is 371 g/mol. The van der Waals surface area contributed by atoms with Gasteiger partial charge >= 0.3 is 0 Å². The summed E-state index contributed by atoms with van der Waals surface area (Å²) in [5, 5.41) is 1.12. The van der Waals surface area contributed by atoms with Crippen molar-refractivity contribution in [1.82, 2.24) is 3.97 Å². The molecule has 4 rings (SSSR count). The Labute approximate surface area is 149 Å². The fraction of sp³-hybridized carbons (Fsp3) is 0.100. The summed E-state index contributed by atoms with van der Waals surface area (Å²) in [5.74, 6) is 0. The van der Waals surface area contributed by atoms with E-state index in [1.54, 1.807) is 48.5 Å². The van der Waals surface area contributed by atoms with E-state index in [0.29, 0.717) is 21.8 Å². The minimum atomic E-state index is -3.87. The molecule has 0 atom stereocenters. The molecule has 0 spiro atoms. The molecular weight excluding hydrogens is 356 g/mol. The molecule has 0 amide bonds. The van der Waals surface area contributed by atoms with Crippen molar-refractivity contribution < 1.29 is 17.2 Å². The molecule has 26 heavy (non-hydrogen) atoms. The predicted octanol–water partition coefficient (Wildman–Crippen LogP) is 5.28. The molecule has 0 N–H and O–H groups in total. The Bertz CT molecular complexity index is 1230. The minimum Gasteiger partial charge on any atom is -0.233 e. The standard InChI is InChI=1S/C20H15F2NO2S/c1-13-6-9-15(10-7-13)26(24,25)23-18-5-3-2-4-16(18)17-12-14(20(21)22)8-11-19(17)23/h2-12,20H,1H3. The van der Waals surface area contributed by atoms with Gasteiger partial charge in [0.15, 0.2) is 0 Å². The SMILES string of the molecule is Cc1ccc(S(=O)(=O)n2c3ccccc3c3cc(C(F)F)ccc32)cc1. The molecule has 6 heteroatoms. The Balaban J connectivity index is 2.09. The first-order valence-corrected chi connectivity index (χ1v) is 9.47. The summed E-state index contributed by atoms with van der Waals surface area (Å²) in [5.41, 5.74) is 1.67. The van der Waals surface area contributed by atoms with Crippen LogP contribution < -0.4 is 0 Å². The number of hydrogen-bond acceptors (Lipinski definition) is 2. The van der Waals surface area contributed by atoms with E-state index in [1.165, 1.54) is 22.2 Å². The van der Waals surface area contributed by atoms with Gasteiger partial charge in [-0.2, -0.15) is 0 Å². The van der Waals surface area contributed by atoms with Gasteiger partial charge in [0.25, 0.3) is 16.4 Å². The van der Waals surface area contributed by atoms with Crippen molar-refractivity contribution in [2.75, 3.05) is 0 Å². The molecule has 3 nitrogen and oxygen atoms in total. The van der Waals surface area contributed by atoms with E-state index in [1.807, 2.05) is 6.92 Å². The predicted molar refractivity (Wildman–Crippen MR) is 98.2 cm³/mol. The lowest BCUT2D eigenvalue weighted by atomic mass is 10.1. The van der Waals surface area contributed by atoms with Crippen LogP contribution in [0.4, 0.5) is 8.78 Å². The highest BCUT2D eigenvalue weighted by atomic mass is 32.2. The van der Waals surface area contributed by atoms with Crippen molar-refractivity contribution >= 4 is 31.8 Å². The molecule has 0 saturated carbocycles. The first kappa shape index (κ1) is 16.7. The third-order valence-corrected chi connectivity index (χ3v) is 6.21. The molecule has 0 radical (unpaired) electrons. The van der Waals surface area contributed by atoms with E-state index in [2.05, 4.69) is 0 Å². The zero-order valence-electron chi connectivity index (χ0n) is 13.9. The molecule has 1 heterocycles. The second-order valence-corrected chi connectivity index (χ2v) is 7.96. The summed E-state index contributed by atoms with van der Waals surface area (Å²) in [6, 6.07) is 17.6. The monoisotopic (exact) mass is 371 g/mol. The molecule has 0 aliphatic rings. The normalized spacial score (nSPS) is 12.3. The highest BCUT2D eigenvalue weighted by molar-refractivity contribution is 7.90. The van der Waals surface area contributed by atoms with Crippen LogP contribution in [0.25, 0.3) is 21.8 Å². The average Bonchev–Trinajstić information content (AvgIpc) is 2.96. The Morgan fingerprint density at radius 3 is 2.19 bits per heavy atom. The van der Waals surface area contributed by atoms with Crippen molar-refractivity contribution in [3.8, 4) is 0 Å². The number of fused-ring (bicyclic) bond motifs is 3. The molecule has 0 saturated heterocycles. The van der Waals surface area contributed by atoms with Gasteiger partial charge in [-0.1, -0.05) is 42.0 Å². The lowest BCUT2D eigenvalue weighted by Gasteiger charge is -2.10. The van der Waals surface area contributed by atoms with Gasteiger partial charge in [0.2, 0.25) is 0 Å². The summed E-state index contributed by atoms with van der Waals surface area (Å²) in [6.07, 6.45) is -2.62. The van der Waals surface area contributed by atoms with Crippen molar-refractivity contribution in [3.63, 3.8) is 0 Å². The van der Waals surface area contributed by atoms with Gasteiger partial charge in [0.1, 0.15) is 0 Å². The zero-order chi connectivity index (χ0) is 18.5. The fourth-order valence-corrected chi connectivity index (χ4v) is 4.69. The van der Waals surface area contributed by atoms with Crippen molar-refractivity contribution in [3.05, 3.63) is 77.9 Å². The molecule has 0 fully saturated rings. The van der Waals surface area contributed by atoms with Crippen LogP contribution in [0.2, 0.25) is 0 Å². The molecule has 0 aliphatic heterocycles. The Hall–Kier alpha value is -2.73. The number of alkyl halides is 2. The van der Waals surface area contributed by atoms with E-state index in [-0.39, 0.29) is 10.5 Å². The van der Waals surface area contributed by atoms with Crippen LogP contribution >= 0.6 is 0 Å². The van der Waals surface area contributed by atoms with Crippen LogP contribution in [0.5, 0.6) is 0 Å². The van der Waals surface area contributed by atoms with Gasteiger partial charge < -0.3 is 0 Å². The zero-order valence-corrected chi connectivity index (χ0v) is 14.7. The van der Waals surface area contributed by atoms with Gasteiger partial charge in [-0.15, -0.1) is 0 Å². The van der Waals surface area contributed by atoms with Gasteiger partial charge in [-0.25, -0.2) is 21.2 Å². The summed E-state index contributed by atoms with van der Waals surface area (Å²) in [6.45, 7) is 1.88. The van der Waals surface area contributed by atoms with Crippen LogP contribution in [0, 0.1) is 6.92 Å². The first-order valence-electron chi connectivity index (χ1n) is 8.03. The fourth-order valence-electron chi connectivity index (χ4n) is 3.17.